The second-order valence-corrected chi connectivity index (χ2v) is 6.10. The molecule has 0 spiro atoms. The first-order valence-corrected chi connectivity index (χ1v) is 7.98. The number of aryl methyl sites for hydroxylation is 2. The predicted octanol–water partition coefficient (Wildman–Crippen LogP) is 5.01. The largest absolute Gasteiger partial charge is 0.508 e. The number of aromatic hydroxyl groups is 1. The van der Waals surface area contributed by atoms with Gasteiger partial charge in [0.1, 0.15) is 11.6 Å². The van der Waals surface area contributed by atoms with Crippen LogP contribution in [0.1, 0.15) is 11.1 Å². The highest BCUT2D eigenvalue weighted by Gasteiger charge is 2.16. The number of rotatable bonds is 2. The summed E-state index contributed by atoms with van der Waals surface area (Å²) in [6.07, 6.45) is 0. The Morgan fingerprint density at radius 2 is 1.67 bits per heavy atom. The van der Waals surface area contributed by atoms with Crippen LogP contribution in [0, 0.1) is 13.8 Å². The molecule has 0 atom stereocenters. The van der Waals surface area contributed by atoms with Gasteiger partial charge in [-0.25, -0.2) is 4.98 Å². The molecule has 3 heteroatoms. The Balaban J connectivity index is 2.11. The number of hydrogen-bond acceptors (Lipinski definition) is 2. The van der Waals surface area contributed by atoms with Crippen LogP contribution in [0.25, 0.3) is 28.1 Å². The maximum Gasteiger partial charge on any atom is 0.145 e. The molecule has 3 nitrogen and oxygen atoms in total. The molecule has 0 bridgehead atoms. The molecule has 1 aromatic heterocycles. The second kappa shape index (κ2) is 5.53. The zero-order valence-electron chi connectivity index (χ0n) is 13.7. The molecule has 0 unspecified atom stereocenters. The van der Waals surface area contributed by atoms with Gasteiger partial charge in [-0.15, -0.1) is 0 Å². The van der Waals surface area contributed by atoms with Gasteiger partial charge in [0.15, 0.2) is 0 Å². The van der Waals surface area contributed by atoms with Crippen molar-refractivity contribution in [2.24, 2.45) is 0 Å². The van der Waals surface area contributed by atoms with Gasteiger partial charge in [0, 0.05) is 11.6 Å². The number of imidazole rings is 1. The summed E-state index contributed by atoms with van der Waals surface area (Å²) in [6, 6.07) is 21.8. The number of phenols is 1. The minimum atomic E-state index is 0.244. The lowest BCUT2D eigenvalue weighted by atomic mass is 10.1. The normalized spacial score (nSPS) is 11.1. The Labute approximate surface area is 140 Å². The van der Waals surface area contributed by atoms with Crippen molar-refractivity contribution in [2.75, 3.05) is 0 Å². The standard InChI is InChI=1S/C21H18N2O/c1-14-8-9-15(2)19(12-14)23-20-13-17(24)10-11-18(20)22-21(23)16-6-4-3-5-7-16/h3-13,24H,1-2H3. The summed E-state index contributed by atoms with van der Waals surface area (Å²) in [5.41, 5.74) is 6.27. The Bertz CT molecular complexity index is 1030. The van der Waals surface area contributed by atoms with E-state index in [1.807, 2.05) is 24.3 Å². The van der Waals surface area contributed by atoms with Gasteiger partial charge in [0.2, 0.25) is 0 Å². The maximum absolute atomic E-state index is 9.96. The van der Waals surface area contributed by atoms with Gasteiger partial charge in [-0.1, -0.05) is 42.5 Å². The Morgan fingerprint density at radius 1 is 0.875 bits per heavy atom. The van der Waals surface area contributed by atoms with Crippen LogP contribution >= 0.6 is 0 Å². The first kappa shape index (κ1) is 14.5. The van der Waals surface area contributed by atoms with Crippen LogP contribution in [-0.4, -0.2) is 14.7 Å². The van der Waals surface area contributed by atoms with E-state index in [1.54, 1.807) is 12.1 Å². The highest BCUT2D eigenvalue weighted by atomic mass is 16.3. The fourth-order valence-corrected chi connectivity index (χ4v) is 3.05. The molecule has 1 heterocycles. The minimum Gasteiger partial charge on any atom is -0.508 e. The van der Waals surface area contributed by atoms with E-state index in [1.165, 1.54) is 11.1 Å². The van der Waals surface area contributed by atoms with E-state index >= 15 is 0 Å². The highest BCUT2D eigenvalue weighted by Crippen LogP contribution is 2.32. The van der Waals surface area contributed by atoms with E-state index < -0.39 is 0 Å². The molecule has 0 amide bonds. The Kier molecular flexibility index (Phi) is 3.35. The van der Waals surface area contributed by atoms with Gasteiger partial charge in [0.05, 0.1) is 16.7 Å². The van der Waals surface area contributed by atoms with Crippen molar-refractivity contribution >= 4 is 11.0 Å². The lowest BCUT2D eigenvalue weighted by molar-refractivity contribution is 0.476. The summed E-state index contributed by atoms with van der Waals surface area (Å²) < 4.78 is 2.13. The first-order valence-electron chi connectivity index (χ1n) is 7.98. The van der Waals surface area contributed by atoms with Crippen molar-refractivity contribution in [3.63, 3.8) is 0 Å². The summed E-state index contributed by atoms with van der Waals surface area (Å²) in [5, 5.41) is 9.96. The van der Waals surface area contributed by atoms with Crippen LogP contribution in [0.2, 0.25) is 0 Å². The quantitative estimate of drug-likeness (QED) is 0.564. The second-order valence-electron chi connectivity index (χ2n) is 6.10. The van der Waals surface area contributed by atoms with Gasteiger partial charge in [0.25, 0.3) is 0 Å². The molecule has 0 aliphatic rings. The molecule has 0 aliphatic heterocycles. The Morgan fingerprint density at radius 3 is 2.46 bits per heavy atom. The lowest BCUT2D eigenvalue weighted by Crippen LogP contribution is -2.00. The molecule has 0 saturated heterocycles. The fourth-order valence-electron chi connectivity index (χ4n) is 3.05. The fraction of sp³-hybridized carbons (Fsp3) is 0.0952. The van der Waals surface area contributed by atoms with Crippen LogP contribution in [0.15, 0.2) is 66.7 Å². The molecule has 1 N–H and O–H groups in total. The molecular formula is C21H18N2O. The van der Waals surface area contributed by atoms with Crippen molar-refractivity contribution in [1.82, 2.24) is 9.55 Å². The van der Waals surface area contributed by atoms with Gasteiger partial charge < -0.3 is 5.11 Å². The van der Waals surface area contributed by atoms with Crippen LogP contribution in [0.5, 0.6) is 5.75 Å². The highest BCUT2D eigenvalue weighted by molar-refractivity contribution is 5.84. The number of benzene rings is 3. The third kappa shape index (κ3) is 2.35. The molecular weight excluding hydrogens is 296 g/mol. The average Bonchev–Trinajstić information content (AvgIpc) is 2.96. The molecule has 24 heavy (non-hydrogen) atoms. The zero-order chi connectivity index (χ0) is 16.7. The molecule has 0 saturated carbocycles. The van der Waals surface area contributed by atoms with Gasteiger partial charge in [-0.2, -0.15) is 0 Å². The minimum absolute atomic E-state index is 0.244. The molecule has 0 aliphatic carbocycles. The number of phenolic OH excluding ortho intramolecular Hbond substituents is 1. The van der Waals surface area contributed by atoms with Crippen molar-refractivity contribution in [2.45, 2.75) is 13.8 Å². The zero-order valence-corrected chi connectivity index (χ0v) is 13.7. The third-order valence-electron chi connectivity index (χ3n) is 4.28. The van der Waals surface area contributed by atoms with Crippen LogP contribution in [0.4, 0.5) is 0 Å². The predicted molar refractivity (Wildman–Crippen MR) is 97.6 cm³/mol. The molecule has 0 fully saturated rings. The van der Waals surface area contributed by atoms with Crippen molar-refractivity contribution in [1.29, 1.82) is 0 Å². The van der Waals surface area contributed by atoms with Crippen LogP contribution < -0.4 is 0 Å². The van der Waals surface area contributed by atoms with E-state index in [9.17, 15) is 5.11 Å². The molecule has 4 rings (SSSR count). The number of fused-ring (bicyclic) bond motifs is 1. The summed E-state index contributed by atoms with van der Waals surface area (Å²) in [7, 11) is 0. The third-order valence-corrected chi connectivity index (χ3v) is 4.28. The summed E-state index contributed by atoms with van der Waals surface area (Å²) in [4.78, 5) is 4.82. The lowest BCUT2D eigenvalue weighted by Gasteiger charge is -2.13. The van der Waals surface area contributed by atoms with Gasteiger partial charge in [-0.05, 0) is 43.2 Å². The summed E-state index contributed by atoms with van der Waals surface area (Å²) in [5.74, 6) is 1.12. The van der Waals surface area contributed by atoms with E-state index in [0.717, 1.165) is 28.1 Å². The average molecular weight is 314 g/mol. The van der Waals surface area contributed by atoms with E-state index in [4.69, 9.17) is 4.98 Å². The summed E-state index contributed by atoms with van der Waals surface area (Å²) >= 11 is 0. The van der Waals surface area contributed by atoms with Crippen molar-refractivity contribution in [3.05, 3.63) is 77.9 Å². The van der Waals surface area contributed by atoms with Crippen LogP contribution in [-0.2, 0) is 0 Å². The monoisotopic (exact) mass is 314 g/mol. The van der Waals surface area contributed by atoms with E-state index in [0.29, 0.717) is 0 Å². The first-order chi connectivity index (χ1) is 11.6. The topological polar surface area (TPSA) is 38.0 Å². The van der Waals surface area contributed by atoms with Crippen LogP contribution in [0.3, 0.4) is 0 Å². The van der Waals surface area contributed by atoms with Crippen molar-refractivity contribution < 1.29 is 5.11 Å². The van der Waals surface area contributed by atoms with Gasteiger partial charge in [-0.3, -0.25) is 4.57 Å². The summed E-state index contributed by atoms with van der Waals surface area (Å²) in [6.45, 7) is 4.18. The molecule has 4 aromatic rings. The molecule has 118 valence electrons. The van der Waals surface area contributed by atoms with E-state index in [-0.39, 0.29) is 5.75 Å². The number of aromatic nitrogens is 2. The smallest absolute Gasteiger partial charge is 0.145 e. The van der Waals surface area contributed by atoms with Crippen molar-refractivity contribution in [3.8, 4) is 22.8 Å². The van der Waals surface area contributed by atoms with Gasteiger partial charge >= 0.3 is 0 Å². The Hall–Kier alpha value is -3.07. The maximum atomic E-state index is 9.96. The molecule has 3 aromatic carbocycles. The van der Waals surface area contributed by atoms with E-state index in [2.05, 4.69) is 48.7 Å². The molecule has 0 radical (unpaired) electrons. The number of hydrogen-bond donors (Lipinski definition) is 1. The SMILES string of the molecule is Cc1ccc(C)c(-n2c(-c3ccccc3)nc3ccc(O)cc32)c1. The number of nitrogens with zero attached hydrogens (tertiary/aromatic N) is 2.